The van der Waals surface area contributed by atoms with Crippen molar-refractivity contribution in [3.63, 3.8) is 0 Å². The van der Waals surface area contributed by atoms with Gasteiger partial charge < -0.3 is 5.32 Å². The Labute approximate surface area is 101 Å². The highest BCUT2D eigenvalue weighted by molar-refractivity contribution is 9.11. The molecule has 0 saturated heterocycles. The van der Waals surface area contributed by atoms with Crippen LogP contribution in [-0.4, -0.2) is 0 Å². The summed E-state index contributed by atoms with van der Waals surface area (Å²) < 4.78 is 1.28. The molecule has 1 aliphatic rings. The standard InChI is InChI=1S/C12H10BrNS/c13-12-10-7-14-6-9(10)11(15-12)8-4-2-1-3-5-8/h1-5,14H,6-7H2. The van der Waals surface area contributed by atoms with E-state index in [9.17, 15) is 0 Å². The van der Waals surface area contributed by atoms with Gasteiger partial charge in [0, 0.05) is 18.0 Å². The van der Waals surface area contributed by atoms with E-state index in [1.807, 2.05) is 11.3 Å². The van der Waals surface area contributed by atoms with Crippen LogP contribution in [0.15, 0.2) is 34.1 Å². The van der Waals surface area contributed by atoms with Crippen molar-refractivity contribution >= 4 is 27.3 Å². The minimum atomic E-state index is 0.999. The maximum Gasteiger partial charge on any atom is 0.0753 e. The molecule has 0 aliphatic carbocycles. The van der Waals surface area contributed by atoms with Crippen LogP contribution in [0.5, 0.6) is 0 Å². The summed E-state index contributed by atoms with van der Waals surface area (Å²) >= 11 is 5.49. The lowest BCUT2D eigenvalue weighted by Crippen LogP contribution is -2.01. The molecule has 0 spiro atoms. The zero-order valence-corrected chi connectivity index (χ0v) is 10.5. The summed E-state index contributed by atoms with van der Waals surface area (Å²) in [6.07, 6.45) is 0. The zero-order chi connectivity index (χ0) is 10.3. The van der Waals surface area contributed by atoms with Crippen molar-refractivity contribution in [3.8, 4) is 10.4 Å². The minimum Gasteiger partial charge on any atom is -0.308 e. The topological polar surface area (TPSA) is 12.0 Å². The summed E-state index contributed by atoms with van der Waals surface area (Å²) in [4.78, 5) is 1.41. The van der Waals surface area contributed by atoms with Crippen molar-refractivity contribution in [2.45, 2.75) is 13.1 Å². The van der Waals surface area contributed by atoms with Gasteiger partial charge in [0.25, 0.3) is 0 Å². The summed E-state index contributed by atoms with van der Waals surface area (Å²) in [5, 5.41) is 3.40. The largest absolute Gasteiger partial charge is 0.308 e. The molecule has 1 nitrogen and oxygen atoms in total. The van der Waals surface area contributed by atoms with Crippen LogP contribution in [-0.2, 0) is 13.1 Å². The molecular weight excluding hydrogens is 270 g/mol. The van der Waals surface area contributed by atoms with E-state index in [1.165, 1.54) is 25.4 Å². The molecule has 3 rings (SSSR count). The predicted octanol–water partition coefficient (Wildman–Crippen LogP) is 3.78. The molecule has 76 valence electrons. The Morgan fingerprint density at radius 1 is 1.07 bits per heavy atom. The number of hydrogen-bond acceptors (Lipinski definition) is 2. The van der Waals surface area contributed by atoms with Gasteiger partial charge in [-0.1, -0.05) is 30.3 Å². The molecule has 0 fully saturated rings. The fourth-order valence-electron chi connectivity index (χ4n) is 1.97. The van der Waals surface area contributed by atoms with Gasteiger partial charge in [0.2, 0.25) is 0 Å². The molecule has 0 radical (unpaired) electrons. The van der Waals surface area contributed by atoms with Crippen LogP contribution in [0.2, 0.25) is 0 Å². The molecule has 0 bridgehead atoms. The second kappa shape index (κ2) is 3.74. The van der Waals surface area contributed by atoms with Crippen molar-refractivity contribution in [1.82, 2.24) is 5.32 Å². The van der Waals surface area contributed by atoms with Gasteiger partial charge in [-0.05, 0) is 32.6 Å². The first-order valence-electron chi connectivity index (χ1n) is 4.92. The molecule has 0 saturated carbocycles. The molecule has 0 unspecified atom stereocenters. The number of fused-ring (bicyclic) bond motifs is 1. The van der Waals surface area contributed by atoms with Gasteiger partial charge in [0.15, 0.2) is 0 Å². The van der Waals surface area contributed by atoms with E-state index >= 15 is 0 Å². The highest BCUT2D eigenvalue weighted by Gasteiger charge is 2.21. The molecule has 1 aromatic heterocycles. The van der Waals surface area contributed by atoms with Gasteiger partial charge in [-0.2, -0.15) is 0 Å². The van der Waals surface area contributed by atoms with E-state index in [0.717, 1.165) is 13.1 Å². The minimum absolute atomic E-state index is 0.999. The van der Waals surface area contributed by atoms with Crippen LogP contribution >= 0.6 is 27.3 Å². The molecule has 2 aromatic rings. The lowest BCUT2D eigenvalue weighted by atomic mass is 10.1. The van der Waals surface area contributed by atoms with Gasteiger partial charge in [0.1, 0.15) is 0 Å². The fraction of sp³-hybridized carbons (Fsp3) is 0.167. The van der Waals surface area contributed by atoms with Crippen LogP contribution in [0, 0.1) is 0 Å². The Morgan fingerprint density at radius 2 is 1.80 bits per heavy atom. The molecular formula is C12H10BrNS. The van der Waals surface area contributed by atoms with E-state index in [2.05, 4.69) is 51.6 Å². The van der Waals surface area contributed by atoms with Crippen molar-refractivity contribution < 1.29 is 0 Å². The number of rotatable bonds is 1. The number of halogens is 1. The van der Waals surface area contributed by atoms with E-state index in [0.29, 0.717) is 0 Å². The average molecular weight is 280 g/mol. The lowest BCUT2D eigenvalue weighted by Gasteiger charge is -1.99. The fourth-order valence-corrected chi connectivity index (χ4v) is 3.90. The summed E-state index contributed by atoms with van der Waals surface area (Å²) in [7, 11) is 0. The Morgan fingerprint density at radius 3 is 2.60 bits per heavy atom. The average Bonchev–Trinajstić information content (AvgIpc) is 2.84. The quantitative estimate of drug-likeness (QED) is 0.838. The van der Waals surface area contributed by atoms with E-state index in [-0.39, 0.29) is 0 Å². The Hall–Kier alpha value is -0.640. The summed E-state index contributed by atoms with van der Waals surface area (Å²) in [5.41, 5.74) is 4.24. The lowest BCUT2D eigenvalue weighted by molar-refractivity contribution is 0.764. The number of thiophene rings is 1. The monoisotopic (exact) mass is 279 g/mol. The molecule has 1 aromatic carbocycles. The van der Waals surface area contributed by atoms with Gasteiger partial charge in [-0.25, -0.2) is 0 Å². The second-order valence-corrected chi connectivity index (χ2v) is 5.97. The summed E-state index contributed by atoms with van der Waals surface area (Å²) in [5.74, 6) is 0. The Bertz CT molecular complexity index is 490. The third-order valence-corrected chi connectivity index (χ3v) is 4.78. The molecule has 15 heavy (non-hydrogen) atoms. The van der Waals surface area contributed by atoms with Crippen molar-refractivity contribution in [2.75, 3.05) is 0 Å². The predicted molar refractivity (Wildman–Crippen MR) is 68.0 cm³/mol. The maximum absolute atomic E-state index is 3.64. The van der Waals surface area contributed by atoms with Gasteiger partial charge in [0.05, 0.1) is 3.79 Å². The zero-order valence-electron chi connectivity index (χ0n) is 8.09. The number of benzene rings is 1. The highest BCUT2D eigenvalue weighted by atomic mass is 79.9. The number of hydrogen-bond donors (Lipinski definition) is 1. The van der Waals surface area contributed by atoms with Crippen LogP contribution in [0.25, 0.3) is 10.4 Å². The Kier molecular flexibility index (Phi) is 2.39. The van der Waals surface area contributed by atoms with Crippen LogP contribution in [0.3, 0.4) is 0 Å². The second-order valence-electron chi connectivity index (χ2n) is 3.63. The van der Waals surface area contributed by atoms with E-state index < -0.39 is 0 Å². The van der Waals surface area contributed by atoms with Crippen molar-refractivity contribution in [2.24, 2.45) is 0 Å². The molecule has 2 heterocycles. The molecule has 1 aliphatic heterocycles. The highest BCUT2D eigenvalue weighted by Crippen LogP contribution is 2.41. The van der Waals surface area contributed by atoms with Gasteiger partial charge in [-0.3, -0.25) is 0 Å². The first-order chi connectivity index (χ1) is 7.36. The molecule has 0 atom stereocenters. The van der Waals surface area contributed by atoms with Crippen LogP contribution < -0.4 is 5.32 Å². The third-order valence-electron chi connectivity index (χ3n) is 2.71. The van der Waals surface area contributed by atoms with Gasteiger partial charge >= 0.3 is 0 Å². The molecule has 3 heteroatoms. The van der Waals surface area contributed by atoms with E-state index in [4.69, 9.17) is 0 Å². The third kappa shape index (κ3) is 1.55. The maximum atomic E-state index is 3.64. The molecule has 1 N–H and O–H groups in total. The van der Waals surface area contributed by atoms with Crippen LogP contribution in [0.4, 0.5) is 0 Å². The smallest absolute Gasteiger partial charge is 0.0753 e. The van der Waals surface area contributed by atoms with Crippen molar-refractivity contribution in [1.29, 1.82) is 0 Å². The number of nitrogens with one attached hydrogen (secondary N) is 1. The van der Waals surface area contributed by atoms with Crippen molar-refractivity contribution in [3.05, 3.63) is 45.2 Å². The van der Waals surface area contributed by atoms with Crippen LogP contribution in [0.1, 0.15) is 11.1 Å². The summed E-state index contributed by atoms with van der Waals surface area (Å²) in [6, 6.07) is 10.6. The first-order valence-corrected chi connectivity index (χ1v) is 6.53. The van der Waals surface area contributed by atoms with Gasteiger partial charge in [-0.15, -0.1) is 11.3 Å². The first kappa shape index (κ1) is 9.58. The molecule has 0 amide bonds. The summed E-state index contributed by atoms with van der Waals surface area (Å²) in [6.45, 7) is 2.00. The SMILES string of the molecule is Brc1sc(-c2ccccc2)c2c1CNC2. The van der Waals surface area contributed by atoms with E-state index in [1.54, 1.807) is 0 Å². The Balaban J connectivity index is 2.18. The normalized spacial score (nSPS) is 14.2.